The number of nitrogens with one attached hydrogen (secondary N) is 4. The summed E-state index contributed by atoms with van der Waals surface area (Å²) in [6.45, 7) is 6.14. The number of hydrogen-bond donors (Lipinski definition) is 4. The van der Waals surface area contributed by atoms with E-state index in [4.69, 9.17) is 16.6 Å². The fourth-order valence-corrected chi connectivity index (χ4v) is 7.26. The van der Waals surface area contributed by atoms with Gasteiger partial charge in [-0.3, -0.25) is 34.6 Å². The van der Waals surface area contributed by atoms with Gasteiger partial charge in [0.2, 0.25) is 11.8 Å². The topological polar surface area (TPSA) is 148 Å². The molecule has 16 heteroatoms. The fourth-order valence-electron chi connectivity index (χ4n) is 7.17. The zero-order valence-electron chi connectivity index (χ0n) is 28.9. The maximum absolute atomic E-state index is 13.2. The van der Waals surface area contributed by atoms with Crippen LogP contribution in [-0.2, 0) is 16.1 Å². The molecule has 0 bridgehead atoms. The lowest BCUT2D eigenvalue weighted by Gasteiger charge is -2.43. The minimum Gasteiger partial charge on any atom is -0.420 e. The Morgan fingerprint density at radius 3 is 2.43 bits per heavy atom. The molecule has 0 spiro atoms. The van der Waals surface area contributed by atoms with Crippen molar-refractivity contribution in [3.8, 4) is 17.0 Å². The number of ether oxygens (including phenoxy) is 1. The maximum Gasteiger partial charge on any atom is 0.487 e. The third-order valence-corrected chi connectivity index (χ3v) is 9.93. The Bertz CT molecular complexity index is 1910. The van der Waals surface area contributed by atoms with Crippen LogP contribution in [0.1, 0.15) is 41.6 Å². The molecule has 4 aromatic rings. The van der Waals surface area contributed by atoms with Crippen molar-refractivity contribution in [1.82, 2.24) is 30.3 Å². The number of anilines is 3. The van der Waals surface area contributed by atoms with Crippen LogP contribution in [0.2, 0.25) is 0 Å². The molecular weight excluding hydrogens is 708 g/mol. The van der Waals surface area contributed by atoms with E-state index in [1.807, 2.05) is 18.2 Å². The lowest BCUT2D eigenvalue weighted by atomic mass is 10.0. The zero-order chi connectivity index (χ0) is 37.0. The monoisotopic (exact) mass is 747 g/mol. The number of carbonyl (C=O) groups is 3. The summed E-state index contributed by atoms with van der Waals surface area (Å²) in [5.74, 6) is -0.296. The van der Waals surface area contributed by atoms with Crippen LogP contribution in [0.4, 0.5) is 26.0 Å². The molecule has 3 fully saturated rings. The van der Waals surface area contributed by atoms with Gasteiger partial charge in [-0.05, 0) is 86.4 Å². The Hall–Kier alpha value is -5.12. The van der Waals surface area contributed by atoms with E-state index in [0.717, 1.165) is 75.7 Å². The van der Waals surface area contributed by atoms with Crippen LogP contribution in [0, 0.1) is 0 Å². The first-order valence-electron chi connectivity index (χ1n) is 17.6. The predicted octanol–water partition coefficient (Wildman–Crippen LogP) is 4.90. The molecule has 5 heterocycles. The van der Waals surface area contributed by atoms with E-state index in [2.05, 4.69) is 57.7 Å². The zero-order valence-corrected chi connectivity index (χ0v) is 29.6. The van der Waals surface area contributed by atoms with Gasteiger partial charge < -0.3 is 20.3 Å². The Kier molecular flexibility index (Phi) is 10.8. The van der Waals surface area contributed by atoms with Crippen LogP contribution in [0.3, 0.4) is 0 Å². The highest BCUT2D eigenvalue weighted by molar-refractivity contribution is 6.20. The van der Waals surface area contributed by atoms with Gasteiger partial charge in [0.1, 0.15) is 17.6 Å². The molecule has 278 valence electrons. The van der Waals surface area contributed by atoms with Crippen molar-refractivity contribution in [3.05, 3.63) is 84.2 Å². The van der Waals surface area contributed by atoms with Gasteiger partial charge in [-0.2, -0.15) is 5.10 Å². The third-order valence-electron chi connectivity index (χ3n) is 9.85. The van der Waals surface area contributed by atoms with Crippen LogP contribution in [0.15, 0.2) is 73.1 Å². The van der Waals surface area contributed by atoms with Crippen LogP contribution in [-0.4, -0.2) is 99.6 Å². The average Bonchev–Trinajstić information content (AvgIpc) is 3.69. The smallest absolute Gasteiger partial charge is 0.420 e. The van der Waals surface area contributed by atoms with Crippen LogP contribution in [0.5, 0.6) is 5.75 Å². The number of pyridine rings is 1. The van der Waals surface area contributed by atoms with E-state index in [-0.39, 0.29) is 17.6 Å². The third kappa shape index (κ3) is 9.28. The molecule has 0 aliphatic carbocycles. The lowest BCUT2D eigenvalue weighted by molar-refractivity contribution is -0.133. The van der Waals surface area contributed by atoms with Crippen molar-refractivity contribution in [2.75, 3.05) is 54.8 Å². The van der Waals surface area contributed by atoms with Gasteiger partial charge in [-0.25, -0.2) is 4.98 Å². The molecule has 2 aromatic heterocycles. The number of hydrogen-bond acceptors (Lipinski definition) is 10. The van der Waals surface area contributed by atoms with E-state index >= 15 is 0 Å². The summed E-state index contributed by atoms with van der Waals surface area (Å²) in [6, 6.07) is 17.3. The standard InChI is InChI=1S/C37H40ClF2N9O4/c38-37(39,40)53-29-6-4-26(5-7-29)44-35(51)25-21-30(31-10-13-42-46-31)34(41-22-25)49-18-16-48(17-19-49)28-11-14-47(15-12-28)23-24-2-1-3-27(20-24)43-32-8-9-33(50)45-36(32)52/h1-7,10,13,20-22,28,32,43H,8-9,11-12,14-19,23H2,(H,42,46)(H,44,51)(H,45,50,52). The van der Waals surface area contributed by atoms with Crippen LogP contribution in [0.25, 0.3) is 11.3 Å². The van der Waals surface area contributed by atoms with E-state index < -0.39 is 17.5 Å². The van der Waals surface area contributed by atoms with Gasteiger partial charge in [0.25, 0.3) is 5.91 Å². The van der Waals surface area contributed by atoms with Gasteiger partial charge in [0, 0.05) is 86.1 Å². The number of aromatic nitrogens is 3. The number of nitrogens with zero attached hydrogens (tertiary/aromatic N) is 5. The van der Waals surface area contributed by atoms with Crippen molar-refractivity contribution in [3.63, 3.8) is 0 Å². The molecule has 3 amide bonds. The summed E-state index contributed by atoms with van der Waals surface area (Å²) >= 11 is 4.84. The Labute approximate surface area is 310 Å². The van der Waals surface area contributed by atoms with Gasteiger partial charge in [0.15, 0.2) is 0 Å². The molecule has 1 atom stereocenters. The van der Waals surface area contributed by atoms with Crippen molar-refractivity contribution < 1.29 is 27.9 Å². The number of likely N-dealkylation sites (tertiary alicyclic amines) is 1. The number of amides is 3. The second-order valence-corrected chi connectivity index (χ2v) is 13.9. The Balaban J connectivity index is 0.919. The molecule has 4 N–H and O–H groups in total. The molecule has 3 aliphatic heterocycles. The van der Waals surface area contributed by atoms with Gasteiger partial charge in [-0.15, -0.1) is 8.78 Å². The summed E-state index contributed by atoms with van der Waals surface area (Å²) < 4.78 is 30.2. The Morgan fingerprint density at radius 2 is 1.74 bits per heavy atom. The molecule has 3 aliphatic rings. The predicted molar refractivity (Wildman–Crippen MR) is 196 cm³/mol. The summed E-state index contributed by atoms with van der Waals surface area (Å²) in [5.41, 5.74) is 0.334. The number of carbonyl (C=O) groups excluding carboxylic acids is 3. The number of halogens is 3. The van der Waals surface area contributed by atoms with Crippen molar-refractivity contribution in [1.29, 1.82) is 0 Å². The van der Waals surface area contributed by atoms with E-state index in [1.165, 1.54) is 36.0 Å². The van der Waals surface area contributed by atoms with Gasteiger partial charge in [-0.1, -0.05) is 12.1 Å². The number of piperazine rings is 1. The second kappa shape index (κ2) is 15.9. The highest BCUT2D eigenvalue weighted by atomic mass is 35.5. The molecule has 0 radical (unpaired) electrons. The number of piperidine rings is 2. The first-order chi connectivity index (χ1) is 25.6. The van der Waals surface area contributed by atoms with Crippen LogP contribution < -0.4 is 25.6 Å². The first-order valence-corrected chi connectivity index (χ1v) is 18.0. The first kappa shape index (κ1) is 36.2. The van der Waals surface area contributed by atoms with Gasteiger partial charge >= 0.3 is 5.57 Å². The lowest BCUT2D eigenvalue weighted by Crippen LogP contribution is -2.53. The summed E-state index contributed by atoms with van der Waals surface area (Å²) in [7, 11) is 0. The maximum atomic E-state index is 13.2. The van der Waals surface area contributed by atoms with Crippen molar-refractivity contribution >= 4 is 46.5 Å². The quantitative estimate of drug-likeness (QED) is 0.124. The Morgan fingerprint density at radius 1 is 0.962 bits per heavy atom. The van der Waals surface area contributed by atoms with Gasteiger partial charge in [0.05, 0.1) is 11.3 Å². The number of aromatic amines is 1. The number of imide groups is 1. The molecule has 0 saturated carbocycles. The van der Waals surface area contributed by atoms with E-state index in [9.17, 15) is 23.2 Å². The number of H-pyrrole nitrogens is 1. The fraction of sp³-hybridized carbons (Fsp3) is 0.378. The van der Waals surface area contributed by atoms with Crippen molar-refractivity contribution in [2.24, 2.45) is 0 Å². The van der Waals surface area contributed by atoms with E-state index in [0.29, 0.717) is 35.8 Å². The number of rotatable bonds is 11. The normalized spacial score (nSPS) is 19.2. The summed E-state index contributed by atoms with van der Waals surface area (Å²) in [5, 5.41) is 15.7. The highest BCUT2D eigenvalue weighted by Gasteiger charge is 2.30. The molecule has 53 heavy (non-hydrogen) atoms. The molecule has 3 saturated heterocycles. The minimum absolute atomic E-state index is 0.138. The average molecular weight is 748 g/mol. The SMILES string of the molecule is O=C1CCC(Nc2cccc(CN3CCC(N4CCN(c5ncc(C(=O)Nc6ccc(OC(F)(F)Cl)cc6)cc5-c5cc[nH]n5)CC4)CC3)c2)C(=O)N1. The second-order valence-electron chi connectivity index (χ2n) is 13.5. The molecular formula is C37H40ClF2N9O4. The summed E-state index contributed by atoms with van der Waals surface area (Å²) in [6.07, 6.45) is 6.23. The summed E-state index contributed by atoms with van der Waals surface area (Å²) in [4.78, 5) is 48.9. The molecule has 13 nitrogen and oxygen atoms in total. The number of benzene rings is 2. The molecule has 7 rings (SSSR count). The molecule has 1 unspecified atom stereocenters. The highest BCUT2D eigenvalue weighted by Crippen LogP contribution is 2.31. The molecule has 2 aromatic carbocycles. The number of alkyl halides is 3. The largest absolute Gasteiger partial charge is 0.487 e. The van der Waals surface area contributed by atoms with Crippen LogP contribution >= 0.6 is 11.6 Å². The van der Waals surface area contributed by atoms with E-state index in [1.54, 1.807) is 12.3 Å². The minimum atomic E-state index is -3.83. The van der Waals surface area contributed by atoms with Crippen molar-refractivity contribution in [2.45, 2.75) is 49.9 Å².